The first-order valence-corrected chi connectivity index (χ1v) is 9.13. The Morgan fingerprint density at radius 2 is 1.78 bits per heavy atom. The van der Waals surface area contributed by atoms with Crippen LogP contribution < -0.4 is 9.64 Å². The molecule has 1 aromatic carbocycles. The molecular weight excluding hydrogens is 350 g/mol. The van der Waals surface area contributed by atoms with Gasteiger partial charge in [-0.05, 0) is 37.6 Å². The summed E-state index contributed by atoms with van der Waals surface area (Å²) in [5, 5.41) is 0. The van der Waals surface area contributed by atoms with E-state index < -0.39 is 6.29 Å². The summed E-state index contributed by atoms with van der Waals surface area (Å²) in [4.78, 5) is 24.5. The third-order valence-corrected chi connectivity index (χ3v) is 4.76. The molecule has 0 N–H and O–H groups in total. The molecule has 1 unspecified atom stereocenters. The second-order valence-corrected chi connectivity index (χ2v) is 6.79. The van der Waals surface area contributed by atoms with Crippen LogP contribution in [0.2, 0.25) is 0 Å². The van der Waals surface area contributed by atoms with Crippen LogP contribution in [0.4, 0.5) is 5.69 Å². The van der Waals surface area contributed by atoms with Gasteiger partial charge in [-0.15, -0.1) is 0 Å². The predicted octanol–water partition coefficient (Wildman–Crippen LogP) is 2.30. The molecule has 27 heavy (non-hydrogen) atoms. The number of rotatable bonds is 10. The zero-order valence-corrected chi connectivity index (χ0v) is 15.7. The van der Waals surface area contributed by atoms with E-state index in [0.717, 1.165) is 24.5 Å². The fourth-order valence-electron chi connectivity index (χ4n) is 2.90. The van der Waals surface area contributed by atoms with E-state index in [1.165, 1.54) is 12.2 Å². The maximum Gasteiger partial charge on any atom is 0.258 e. The average Bonchev–Trinajstić information content (AvgIpc) is 2.96. The van der Waals surface area contributed by atoms with Gasteiger partial charge in [-0.25, -0.2) is 4.90 Å². The van der Waals surface area contributed by atoms with Crippen molar-refractivity contribution < 1.29 is 28.5 Å². The van der Waals surface area contributed by atoms with E-state index in [1.54, 1.807) is 31.2 Å². The van der Waals surface area contributed by atoms with E-state index in [4.69, 9.17) is 18.9 Å². The first-order chi connectivity index (χ1) is 13.0. The normalized spacial score (nSPS) is 19.3. The molecule has 2 aliphatic heterocycles. The predicted molar refractivity (Wildman–Crippen MR) is 98.5 cm³/mol. The largest absolute Gasteiger partial charge is 0.465 e. The lowest BCUT2D eigenvalue weighted by Crippen LogP contribution is -2.45. The summed E-state index contributed by atoms with van der Waals surface area (Å²) in [5.74, 6) is -0.0943. The summed E-state index contributed by atoms with van der Waals surface area (Å²) >= 11 is 0. The maximum atomic E-state index is 11.7. The molecule has 7 heteroatoms. The molecule has 0 saturated carbocycles. The van der Waals surface area contributed by atoms with Crippen molar-refractivity contribution in [2.75, 3.05) is 37.9 Å². The van der Waals surface area contributed by atoms with Gasteiger partial charge in [0, 0.05) is 17.6 Å². The van der Waals surface area contributed by atoms with Crippen LogP contribution in [-0.2, 0) is 23.8 Å². The minimum Gasteiger partial charge on any atom is -0.465 e. The Hall–Kier alpha value is -2.22. The van der Waals surface area contributed by atoms with E-state index in [0.29, 0.717) is 31.3 Å². The second-order valence-electron chi connectivity index (χ2n) is 6.79. The zero-order valence-electron chi connectivity index (χ0n) is 15.7. The van der Waals surface area contributed by atoms with E-state index in [1.807, 2.05) is 0 Å². The zero-order chi connectivity index (χ0) is 19.3. The molecule has 0 bridgehead atoms. The molecule has 7 nitrogen and oxygen atoms in total. The second kappa shape index (κ2) is 8.65. The summed E-state index contributed by atoms with van der Waals surface area (Å²) in [7, 11) is 0. The number of hydrogen-bond donors (Lipinski definition) is 0. The average molecular weight is 375 g/mol. The summed E-state index contributed by atoms with van der Waals surface area (Å²) in [6, 6.07) is 6.73. The molecule has 146 valence electrons. The van der Waals surface area contributed by atoms with Crippen molar-refractivity contribution in [1.82, 2.24) is 0 Å². The van der Waals surface area contributed by atoms with Gasteiger partial charge in [0.25, 0.3) is 11.8 Å². The summed E-state index contributed by atoms with van der Waals surface area (Å²) in [5.41, 5.74) is 0.687. The van der Waals surface area contributed by atoms with Crippen LogP contribution in [0.5, 0.6) is 5.75 Å². The minimum atomic E-state index is -0.441. The molecule has 3 rings (SSSR count). The number of amides is 2. The Labute approximate surface area is 158 Å². The number of benzene rings is 1. The minimum absolute atomic E-state index is 0.178. The molecule has 2 amide bonds. The van der Waals surface area contributed by atoms with Crippen LogP contribution in [0.1, 0.15) is 20.3 Å². The maximum absolute atomic E-state index is 11.7. The SMILES string of the molecule is CCC1(COCCOC(C)Oc2ccc(N3C(=O)C=CC3=O)cc2)COC1. The van der Waals surface area contributed by atoms with Crippen LogP contribution in [-0.4, -0.2) is 51.1 Å². The quantitative estimate of drug-likeness (QED) is 0.355. The lowest BCUT2D eigenvalue weighted by Gasteiger charge is -2.40. The number of anilines is 1. The highest BCUT2D eigenvalue weighted by atomic mass is 16.7. The molecule has 0 radical (unpaired) electrons. The molecule has 1 fully saturated rings. The lowest BCUT2D eigenvalue weighted by atomic mass is 9.84. The first kappa shape index (κ1) is 19.5. The number of hydrogen-bond acceptors (Lipinski definition) is 6. The Balaban J connectivity index is 1.37. The van der Waals surface area contributed by atoms with Gasteiger partial charge < -0.3 is 18.9 Å². The van der Waals surface area contributed by atoms with Crippen LogP contribution in [0, 0.1) is 5.41 Å². The van der Waals surface area contributed by atoms with Crippen molar-refractivity contribution in [3.8, 4) is 5.75 Å². The van der Waals surface area contributed by atoms with E-state index in [9.17, 15) is 9.59 Å². The Bertz CT molecular complexity index is 671. The number of ether oxygens (including phenoxy) is 4. The molecule has 2 heterocycles. The highest BCUT2D eigenvalue weighted by Gasteiger charge is 2.36. The van der Waals surface area contributed by atoms with E-state index in [2.05, 4.69) is 6.92 Å². The van der Waals surface area contributed by atoms with Crippen molar-refractivity contribution in [2.45, 2.75) is 26.6 Å². The molecule has 0 spiro atoms. The number of imide groups is 1. The van der Waals surface area contributed by atoms with Gasteiger partial charge in [0.2, 0.25) is 0 Å². The highest BCUT2D eigenvalue weighted by Crippen LogP contribution is 2.31. The Kier molecular flexibility index (Phi) is 6.26. The smallest absolute Gasteiger partial charge is 0.258 e. The number of nitrogens with zero attached hydrogens (tertiary/aromatic N) is 1. The van der Waals surface area contributed by atoms with Crippen LogP contribution in [0.15, 0.2) is 36.4 Å². The third-order valence-electron chi connectivity index (χ3n) is 4.76. The molecular formula is C20H25NO6. The fraction of sp³-hybridized carbons (Fsp3) is 0.500. The molecule has 0 aliphatic carbocycles. The summed E-state index contributed by atoms with van der Waals surface area (Å²) < 4.78 is 22.2. The third kappa shape index (κ3) is 4.74. The number of carbonyl (C=O) groups excluding carboxylic acids is 2. The molecule has 1 atom stereocenters. The van der Waals surface area contributed by atoms with Crippen molar-refractivity contribution in [3.05, 3.63) is 36.4 Å². The van der Waals surface area contributed by atoms with Gasteiger partial charge in [-0.1, -0.05) is 6.92 Å². The summed E-state index contributed by atoms with van der Waals surface area (Å²) in [6.07, 6.45) is 3.12. The molecule has 1 saturated heterocycles. The van der Waals surface area contributed by atoms with Crippen molar-refractivity contribution in [2.24, 2.45) is 5.41 Å². The van der Waals surface area contributed by atoms with Gasteiger partial charge in [0.15, 0.2) is 6.29 Å². The van der Waals surface area contributed by atoms with Gasteiger partial charge >= 0.3 is 0 Å². The van der Waals surface area contributed by atoms with Gasteiger partial charge in [-0.3, -0.25) is 9.59 Å². The Morgan fingerprint density at radius 3 is 2.33 bits per heavy atom. The molecule has 2 aliphatic rings. The Morgan fingerprint density at radius 1 is 1.11 bits per heavy atom. The van der Waals surface area contributed by atoms with Crippen molar-refractivity contribution in [1.29, 1.82) is 0 Å². The summed E-state index contributed by atoms with van der Waals surface area (Å²) in [6.45, 7) is 7.11. The molecule has 1 aromatic rings. The van der Waals surface area contributed by atoms with E-state index >= 15 is 0 Å². The molecule has 0 aromatic heterocycles. The van der Waals surface area contributed by atoms with Crippen molar-refractivity contribution >= 4 is 17.5 Å². The van der Waals surface area contributed by atoms with Gasteiger partial charge in [-0.2, -0.15) is 0 Å². The van der Waals surface area contributed by atoms with Crippen molar-refractivity contribution in [3.63, 3.8) is 0 Å². The lowest BCUT2D eigenvalue weighted by molar-refractivity contribution is -0.157. The first-order valence-electron chi connectivity index (χ1n) is 9.13. The van der Waals surface area contributed by atoms with Crippen LogP contribution in [0.3, 0.4) is 0 Å². The topological polar surface area (TPSA) is 74.3 Å². The fourth-order valence-corrected chi connectivity index (χ4v) is 2.90. The monoisotopic (exact) mass is 375 g/mol. The van der Waals surface area contributed by atoms with Gasteiger partial charge in [0.05, 0.1) is 38.7 Å². The number of carbonyl (C=O) groups is 2. The van der Waals surface area contributed by atoms with Crippen LogP contribution >= 0.6 is 0 Å². The highest BCUT2D eigenvalue weighted by molar-refractivity contribution is 6.28. The van der Waals surface area contributed by atoms with E-state index in [-0.39, 0.29) is 17.2 Å². The van der Waals surface area contributed by atoms with Gasteiger partial charge in [0.1, 0.15) is 5.75 Å². The van der Waals surface area contributed by atoms with Crippen LogP contribution in [0.25, 0.3) is 0 Å². The standard InChI is InChI=1S/C20H25NO6/c1-3-20(13-25-14-20)12-24-10-11-26-15(2)27-17-6-4-16(5-7-17)21-18(22)8-9-19(21)23/h4-9,15H,3,10-14H2,1-2H3.